The smallest absolute Gasteiger partial charge is 0.161 e. The lowest BCUT2D eigenvalue weighted by Gasteiger charge is -2.49. The minimum Gasteiger partial charge on any atom is -0.490 e. The molecule has 3 aliphatic rings. The molecule has 0 aliphatic heterocycles. The highest BCUT2D eigenvalue weighted by molar-refractivity contribution is 5.50. The maximum Gasteiger partial charge on any atom is 0.161 e. The van der Waals surface area contributed by atoms with Crippen LogP contribution in [0.5, 0.6) is 11.5 Å². The number of benzene rings is 2. The Labute approximate surface area is 200 Å². The number of hydrogen-bond donors (Lipinski definition) is 0. The first-order valence-electron chi connectivity index (χ1n) is 13.1. The second-order valence-corrected chi connectivity index (χ2v) is 11.3. The molecule has 0 N–H and O–H groups in total. The molecule has 3 nitrogen and oxygen atoms in total. The van der Waals surface area contributed by atoms with Gasteiger partial charge < -0.3 is 14.4 Å². The minimum atomic E-state index is 0.583. The Morgan fingerprint density at radius 1 is 0.970 bits per heavy atom. The van der Waals surface area contributed by atoms with Crippen LogP contribution in [0.25, 0.3) is 0 Å². The third-order valence-corrected chi connectivity index (χ3v) is 8.81. The van der Waals surface area contributed by atoms with Gasteiger partial charge in [-0.1, -0.05) is 43.7 Å². The molecule has 0 heterocycles. The molecule has 2 saturated carbocycles. The van der Waals surface area contributed by atoms with Crippen LogP contribution >= 0.6 is 0 Å². The van der Waals surface area contributed by atoms with E-state index in [2.05, 4.69) is 68.4 Å². The van der Waals surface area contributed by atoms with Crippen molar-refractivity contribution in [3.05, 3.63) is 59.2 Å². The standard InChI is InChI=1S/C30H41NO2/c1-30-15-7-11-27(30)25-13-12-23-19-28(33-21-22-9-5-4-6-10-22)29(32-18-8-17-31(2)3)20-26(23)24(25)14-16-30/h4-6,9-10,19-20,24-25,27H,7-8,11-18,21H2,1-3H3/t24-,25+,27-,30-/m0/s1. The number of fused-ring (bicyclic) bond motifs is 5. The van der Waals surface area contributed by atoms with Gasteiger partial charge in [0, 0.05) is 6.54 Å². The maximum absolute atomic E-state index is 6.38. The van der Waals surface area contributed by atoms with Crippen LogP contribution in [0.1, 0.15) is 74.5 Å². The molecule has 4 atom stereocenters. The van der Waals surface area contributed by atoms with E-state index in [-0.39, 0.29) is 0 Å². The molecular weight excluding hydrogens is 406 g/mol. The van der Waals surface area contributed by atoms with Gasteiger partial charge in [-0.2, -0.15) is 0 Å². The van der Waals surface area contributed by atoms with E-state index in [4.69, 9.17) is 9.47 Å². The lowest BCUT2D eigenvalue weighted by Crippen LogP contribution is -2.39. The largest absolute Gasteiger partial charge is 0.490 e. The first kappa shape index (κ1) is 22.8. The van der Waals surface area contributed by atoms with Crippen molar-refractivity contribution >= 4 is 0 Å². The zero-order valence-electron chi connectivity index (χ0n) is 20.8. The molecular formula is C30H41NO2. The lowest BCUT2D eigenvalue weighted by molar-refractivity contribution is 0.0596. The van der Waals surface area contributed by atoms with E-state index >= 15 is 0 Å². The van der Waals surface area contributed by atoms with Crippen LogP contribution in [0, 0.1) is 17.3 Å². The van der Waals surface area contributed by atoms with Gasteiger partial charge in [0.2, 0.25) is 0 Å². The van der Waals surface area contributed by atoms with Crippen molar-refractivity contribution in [3.8, 4) is 11.5 Å². The van der Waals surface area contributed by atoms with Crippen molar-refractivity contribution in [2.75, 3.05) is 27.2 Å². The third kappa shape index (κ3) is 4.80. The zero-order chi connectivity index (χ0) is 22.8. The summed E-state index contributed by atoms with van der Waals surface area (Å²) in [5, 5.41) is 0. The van der Waals surface area contributed by atoms with Crippen molar-refractivity contribution in [2.45, 2.75) is 70.8 Å². The summed E-state index contributed by atoms with van der Waals surface area (Å²) in [6.07, 6.45) is 10.6. The third-order valence-electron chi connectivity index (χ3n) is 8.81. The molecule has 3 heteroatoms. The number of rotatable bonds is 8. The monoisotopic (exact) mass is 447 g/mol. The van der Waals surface area contributed by atoms with Crippen molar-refractivity contribution in [2.24, 2.45) is 17.3 Å². The molecule has 0 amide bonds. The van der Waals surface area contributed by atoms with Gasteiger partial charge in [0.25, 0.3) is 0 Å². The van der Waals surface area contributed by atoms with Gasteiger partial charge in [0.1, 0.15) is 6.61 Å². The molecule has 2 aromatic carbocycles. The summed E-state index contributed by atoms with van der Waals surface area (Å²) in [5.41, 5.74) is 4.86. The van der Waals surface area contributed by atoms with E-state index in [0.717, 1.165) is 42.9 Å². The van der Waals surface area contributed by atoms with Crippen molar-refractivity contribution < 1.29 is 9.47 Å². The Hall–Kier alpha value is -2.00. The highest BCUT2D eigenvalue weighted by Gasteiger charge is 2.50. The van der Waals surface area contributed by atoms with Crippen LogP contribution in [0.15, 0.2) is 42.5 Å². The highest BCUT2D eigenvalue weighted by Crippen LogP contribution is 2.61. The molecule has 3 aliphatic carbocycles. The van der Waals surface area contributed by atoms with Crippen molar-refractivity contribution in [1.82, 2.24) is 4.90 Å². The topological polar surface area (TPSA) is 21.7 Å². The van der Waals surface area contributed by atoms with Gasteiger partial charge in [-0.3, -0.25) is 0 Å². The van der Waals surface area contributed by atoms with E-state index in [1.54, 1.807) is 5.56 Å². The maximum atomic E-state index is 6.38. The molecule has 178 valence electrons. The molecule has 5 rings (SSSR count). The first-order valence-corrected chi connectivity index (χ1v) is 13.1. The van der Waals surface area contributed by atoms with Crippen LogP contribution in [-0.4, -0.2) is 32.1 Å². The molecule has 2 aromatic rings. The van der Waals surface area contributed by atoms with Gasteiger partial charge >= 0.3 is 0 Å². The van der Waals surface area contributed by atoms with E-state index in [1.807, 2.05) is 0 Å². The fourth-order valence-electron chi connectivity index (χ4n) is 7.09. The van der Waals surface area contributed by atoms with Gasteiger partial charge in [-0.25, -0.2) is 0 Å². The van der Waals surface area contributed by atoms with Gasteiger partial charge in [-0.15, -0.1) is 0 Å². The Balaban J connectivity index is 1.39. The highest BCUT2D eigenvalue weighted by atomic mass is 16.5. The molecule has 0 bridgehead atoms. The van der Waals surface area contributed by atoms with Gasteiger partial charge in [0.15, 0.2) is 11.5 Å². The minimum absolute atomic E-state index is 0.583. The molecule has 2 fully saturated rings. The van der Waals surface area contributed by atoms with Crippen LogP contribution < -0.4 is 9.47 Å². The Bertz CT molecular complexity index is 940. The molecule has 0 saturated heterocycles. The van der Waals surface area contributed by atoms with Crippen molar-refractivity contribution in [3.63, 3.8) is 0 Å². The second kappa shape index (κ2) is 9.70. The van der Waals surface area contributed by atoms with Gasteiger partial charge in [-0.05, 0) is 111 Å². The van der Waals surface area contributed by atoms with E-state index in [9.17, 15) is 0 Å². The van der Waals surface area contributed by atoms with Crippen LogP contribution in [0.4, 0.5) is 0 Å². The number of ether oxygens (including phenoxy) is 2. The first-order chi connectivity index (χ1) is 16.0. The molecule has 0 aromatic heterocycles. The Kier molecular flexibility index (Phi) is 6.69. The number of nitrogens with zero attached hydrogens (tertiary/aromatic N) is 1. The molecule has 0 radical (unpaired) electrons. The SMILES string of the molecule is CN(C)CCCOc1cc2c(cc1OCc1ccccc1)CC[C@@H]1[C@@H]2CC[C@]2(C)CCC[C@@H]12. The summed E-state index contributed by atoms with van der Waals surface area (Å²) in [6, 6.07) is 15.1. The molecule has 33 heavy (non-hydrogen) atoms. The second-order valence-electron chi connectivity index (χ2n) is 11.3. The lowest BCUT2D eigenvalue weighted by atomic mass is 9.56. The van der Waals surface area contributed by atoms with E-state index < -0.39 is 0 Å². The predicted molar refractivity (Wildman–Crippen MR) is 135 cm³/mol. The van der Waals surface area contributed by atoms with E-state index in [0.29, 0.717) is 17.9 Å². The summed E-state index contributed by atoms with van der Waals surface area (Å²) in [6.45, 7) is 4.93. The van der Waals surface area contributed by atoms with E-state index in [1.165, 1.54) is 56.1 Å². The summed E-state index contributed by atoms with van der Waals surface area (Å²) >= 11 is 0. The van der Waals surface area contributed by atoms with Crippen LogP contribution in [-0.2, 0) is 13.0 Å². The summed E-state index contributed by atoms with van der Waals surface area (Å²) < 4.78 is 12.7. The van der Waals surface area contributed by atoms with Gasteiger partial charge in [0.05, 0.1) is 6.61 Å². The number of hydrogen-bond acceptors (Lipinski definition) is 3. The zero-order valence-corrected chi connectivity index (χ0v) is 20.8. The average molecular weight is 448 g/mol. The fraction of sp³-hybridized carbons (Fsp3) is 0.600. The fourth-order valence-corrected chi connectivity index (χ4v) is 7.09. The Morgan fingerprint density at radius 3 is 2.61 bits per heavy atom. The van der Waals surface area contributed by atoms with Crippen LogP contribution in [0.2, 0.25) is 0 Å². The Morgan fingerprint density at radius 2 is 1.79 bits per heavy atom. The van der Waals surface area contributed by atoms with Crippen molar-refractivity contribution in [1.29, 1.82) is 0 Å². The normalized spacial score (nSPS) is 28.2. The predicted octanol–water partition coefficient (Wildman–Crippen LogP) is 6.84. The number of aryl methyl sites for hydroxylation is 1. The molecule has 0 unspecified atom stereocenters. The summed E-state index contributed by atoms with van der Waals surface area (Å²) in [4.78, 5) is 2.22. The van der Waals surface area contributed by atoms with Crippen LogP contribution in [0.3, 0.4) is 0 Å². The summed E-state index contributed by atoms with van der Waals surface area (Å²) in [7, 11) is 4.24. The molecule has 0 spiro atoms. The quantitative estimate of drug-likeness (QED) is 0.413. The average Bonchev–Trinajstić information content (AvgIpc) is 3.22. The summed E-state index contributed by atoms with van der Waals surface area (Å²) in [5.74, 6) is 4.35.